The number of pyridine rings is 1. The van der Waals surface area contributed by atoms with E-state index in [1.165, 1.54) is 11.1 Å². The molecule has 8 heteroatoms. The van der Waals surface area contributed by atoms with Crippen LogP contribution in [0.4, 0.5) is 4.79 Å². The molecule has 2 N–H and O–H groups in total. The highest BCUT2D eigenvalue weighted by Crippen LogP contribution is 2.20. The topological polar surface area (TPSA) is 89.0 Å². The molecule has 0 radical (unpaired) electrons. The van der Waals surface area contributed by atoms with Gasteiger partial charge in [-0.05, 0) is 42.5 Å². The molecule has 3 aliphatic rings. The van der Waals surface area contributed by atoms with Crippen LogP contribution in [0.1, 0.15) is 40.0 Å². The van der Waals surface area contributed by atoms with Gasteiger partial charge < -0.3 is 20.2 Å². The standard InChI is InChI=1S/C25H31N5O3/c31-23(16-28-10-9-18-3-1-2-4-20(18)14-28)17-30-12-11-29(25(30)33)15-22-6-5-19(13-26-22)24(32)27-21-7-8-21/h1-6,13,21,23,31H,7-12,14-17H2,(H,27,32)/t23-/m1/s1. The number of hydrogen-bond acceptors (Lipinski definition) is 5. The summed E-state index contributed by atoms with van der Waals surface area (Å²) in [6.07, 6.45) is 4.08. The summed E-state index contributed by atoms with van der Waals surface area (Å²) in [5.74, 6) is -0.0915. The van der Waals surface area contributed by atoms with Gasteiger partial charge in [-0.3, -0.25) is 14.7 Å². The molecule has 2 fully saturated rings. The maximum Gasteiger partial charge on any atom is 0.320 e. The number of aromatic nitrogens is 1. The monoisotopic (exact) mass is 449 g/mol. The Bertz CT molecular complexity index is 1010. The van der Waals surface area contributed by atoms with Gasteiger partial charge in [0, 0.05) is 51.5 Å². The molecule has 1 aromatic carbocycles. The number of carbonyl (C=O) groups excluding carboxylic acids is 2. The molecule has 0 spiro atoms. The van der Waals surface area contributed by atoms with Gasteiger partial charge in [0.25, 0.3) is 5.91 Å². The normalized spacial score (nSPS) is 19.5. The first-order valence-corrected chi connectivity index (χ1v) is 11.8. The van der Waals surface area contributed by atoms with Crippen LogP contribution in [0, 0.1) is 0 Å². The number of nitrogens with one attached hydrogen (secondary N) is 1. The van der Waals surface area contributed by atoms with Crippen LogP contribution in [0.25, 0.3) is 0 Å². The Morgan fingerprint density at radius 1 is 1.06 bits per heavy atom. The van der Waals surface area contributed by atoms with Crippen molar-refractivity contribution < 1.29 is 14.7 Å². The van der Waals surface area contributed by atoms with Crippen LogP contribution < -0.4 is 5.32 Å². The zero-order valence-electron chi connectivity index (χ0n) is 18.8. The smallest absolute Gasteiger partial charge is 0.320 e. The van der Waals surface area contributed by atoms with Crippen molar-refractivity contribution >= 4 is 11.9 Å². The first kappa shape index (κ1) is 21.9. The van der Waals surface area contributed by atoms with Gasteiger partial charge in [-0.25, -0.2) is 4.79 Å². The first-order valence-electron chi connectivity index (χ1n) is 11.8. The molecule has 174 valence electrons. The van der Waals surface area contributed by atoms with Gasteiger partial charge in [0.1, 0.15) is 0 Å². The van der Waals surface area contributed by atoms with Crippen molar-refractivity contribution in [3.05, 3.63) is 65.0 Å². The number of aliphatic hydroxyl groups is 1. The van der Waals surface area contributed by atoms with E-state index < -0.39 is 6.10 Å². The summed E-state index contributed by atoms with van der Waals surface area (Å²) >= 11 is 0. The van der Waals surface area contributed by atoms with Crippen molar-refractivity contribution in [2.75, 3.05) is 32.7 Å². The number of benzene rings is 1. The molecule has 3 heterocycles. The summed E-state index contributed by atoms with van der Waals surface area (Å²) in [6.45, 7) is 4.26. The third-order valence-electron chi connectivity index (χ3n) is 6.64. The summed E-state index contributed by atoms with van der Waals surface area (Å²) in [6, 6.07) is 12.3. The van der Waals surface area contributed by atoms with E-state index in [0.29, 0.717) is 44.3 Å². The first-order chi connectivity index (χ1) is 16.0. The molecule has 1 atom stereocenters. The molecule has 3 amide bonds. The number of rotatable bonds is 8. The van der Waals surface area contributed by atoms with Crippen molar-refractivity contribution in [1.82, 2.24) is 25.0 Å². The van der Waals surface area contributed by atoms with Gasteiger partial charge in [-0.2, -0.15) is 0 Å². The number of carbonyl (C=O) groups is 2. The third kappa shape index (κ3) is 5.34. The molecule has 5 rings (SSSR count). The molecule has 33 heavy (non-hydrogen) atoms. The molecule has 1 saturated carbocycles. The zero-order chi connectivity index (χ0) is 22.8. The average molecular weight is 450 g/mol. The Labute approximate surface area is 194 Å². The summed E-state index contributed by atoms with van der Waals surface area (Å²) in [4.78, 5) is 35.0. The maximum absolute atomic E-state index is 12.8. The van der Waals surface area contributed by atoms with Gasteiger partial charge in [0.05, 0.1) is 23.9 Å². The molecule has 1 aliphatic carbocycles. The van der Waals surface area contributed by atoms with E-state index in [-0.39, 0.29) is 11.9 Å². The van der Waals surface area contributed by atoms with Gasteiger partial charge in [-0.15, -0.1) is 0 Å². The second kappa shape index (κ2) is 9.49. The maximum atomic E-state index is 12.8. The third-order valence-corrected chi connectivity index (χ3v) is 6.64. The summed E-state index contributed by atoms with van der Waals surface area (Å²) in [5.41, 5.74) is 4.01. The highest BCUT2D eigenvalue weighted by atomic mass is 16.3. The number of hydrogen-bond donors (Lipinski definition) is 2. The number of β-amino-alcohol motifs (C(OH)–C–C–N with tert-alkyl or cyclic N) is 1. The van der Waals surface area contributed by atoms with Crippen LogP contribution in [-0.4, -0.2) is 81.6 Å². The number of aliphatic hydroxyl groups excluding tert-OH is 1. The van der Waals surface area contributed by atoms with Crippen LogP contribution in [-0.2, 0) is 19.5 Å². The molecule has 1 aromatic heterocycles. The largest absolute Gasteiger partial charge is 0.390 e. The highest BCUT2D eigenvalue weighted by molar-refractivity contribution is 5.94. The quantitative estimate of drug-likeness (QED) is 0.640. The molecular formula is C25H31N5O3. The van der Waals surface area contributed by atoms with Crippen LogP contribution in [0.2, 0.25) is 0 Å². The second-order valence-corrected chi connectivity index (χ2v) is 9.34. The second-order valence-electron chi connectivity index (χ2n) is 9.34. The number of urea groups is 1. The van der Waals surface area contributed by atoms with Gasteiger partial charge in [0.2, 0.25) is 0 Å². The zero-order valence-corrected chi connectivity index (χ0v) is 18.8. The fourth-order valence-corrected chi connectivity index (χ4v) is 4.61. The molecule has 8 nitrogen and oxygen atoms in total. The molecule has 2 aliphatic heterocycles. The molecule has 0 unspecified atom stereocenters. The lowest BCUT2D eigenvalue weighted by molar-refractivity contribution is 0.0811. The lowest BCUT2D eigenvalue weighted by Crippen LogP contribution is -2.43. The Morgan fingerprint density at radius 3 is 2.61 bits per heavy atom. The van der Waals surface area contributed by atoms with Crippen LogP contribution in [0.5, 0.6) is 0 Å². The van der Waals surface area contributed by atoms with E-state index in [1.54, 1.807) is 28.1 Å². The Morgan fingerprint density at radius 2 is 1.85 bits per heavy atom. The Kier molecular flexibility index (Phi) is 6.28. The molecule has 2 aromatic rings. The van der Waals surface area contributed by atoms with Crippen molar-refractivity contribution in [1.29, 1.82) is 0 Å². The molecule has 0 bridgehead atoms. The van der Waals surface area contributed by atoms with Crippen molar-refractivity contribution in [3.8, 4) is 0 Å². The SMILES string of the molecule is O=C(NC1CC1)c1ccc(CN2CCN(C[C@H](O)CN3CCc4ccccc4C3)C2=O)nc1. The number of nitrogens with zero attached hydrogens (tertiary/aromatic N) is 4. The minimum Gasteiger partial charge on any atom is -0.390 e. The van der Waals surface area contributed by atoms with Gasteiger partial charge in [-0.1, -0.05) is 24.3 Å². The van der Waals surface area contributed by atoms with Crippen molar-refractivity contribution in [2.45, 2.75) is 44.5 Å². The van der Waals surface area contributed by atoms with E-state index in [2.05, 4.69) is 39.5 Å². The fraction of sp³-hybridized carbons (Fsp3) is 0.480. The average Bonchev–Trinajstić information content (AvgIpc) is 3.58. The number of fused-ring (bicyclic) bond motifs is 1. The van der Waals surface area contributed by atoms with E-state index in [1.807, 2.05) is 0 Å². The van der Waals surface area contributed by atoms with Gasteiger partial charge in [0.15, 0.2) is 0 Å². The van der Waals surface area contributed by atoms with Gasteiger partial charge >= 0.3 is 6.03 Å². The van der Waals surface area contributed by atoms with Crippen molar-refractivity contribution in [3.63, 3.8) is 0 Å². The summed E-state index contributed by atoms with van der Waals surface area (Å²) in [7, 11) is 0. The number of amides is 3. The minimum absolute atomic E-state index is 0.0737. The lowest BCUT2D eigenvalue weighted by Gasteiger charge is -2.31. The Hall–Kier alpha value is -2.97. The lowest BCUT2D eigenvalue weighted by atomic mass is 10.00. The highest BCUT2D eigenvalue weighted by Gasteiger charge is 2.31. The summed E-state index contributed by atoms with van der Waals surface area (Å²) < 4.78 is 0. The van der Waals surface area contributed by atoms with Crippen LogP contribution in [0.3, 0.4) is 0 Å². The van der Waals surface area contributed by atoms with E-state index in [0.717, 1.165) is 38.0 Å². The summed E-state index contributed by atoms with van der Waals surface area (Å²) in [5, 5.41) is 13.6. The van der Waals surface area contributed by atoms with E-state index in [9.17, 15) is 14.7 Å². The van der Waals surface area contributed by atoms with Crippen molar-refractivity contribution in [2.24, 2.45) is 0 Å². The fourth-order valence-electron chi connectivity index (χ4n) is 4.61. The predicted octanol–water partition coefficient (Wildman–Crippen LogP) is 1.63. The van der Waals surface area contributed by atoms with E-state index >= 15 is 0 Å². The predicted molar refractivity (Wildman–Crippen MR) is 124 cm³/mol. The van der Waals surface area contributed by atoms with Crippen LogP contribution in [0.15, 0.2) is 42.6 Å². The van der Waals surface area contributed by atoms with Crippen LogP contribution >= 0.6 is 0 Å². The Balaban J connectivity index is 1.09. The minimum atomic E-state index is -0.582. The molecule has 1 saturated heterocycles. The van der Waals surface area contributed by atoms with E-state index in [4.69, 9.17) is 0 Å². The molecular weight excluding hydrogens is 418 g/mol.